The summed E-state index contributed by atoms with van der Waals surface area (Å²) in [6, 6.07) is 16.9. The molecule has 0 saturated heterocycles. The molecule has 0 aliphatic heterocycles. The summed E-state index contributed by atoms with van der Waals surface area (Å²) >= 11 is 0. The molecule has 0 radical (unpaired) electrons. The lowest BCUT2D eigenvalue weighted by Crippen LogP contribution is -2.39. The molecule has 1 heterocycles. The number of rotatable bonds is 6. The van der Waals surface area contributed by atoms with E-state index < -0.39 is 0 Å². The molecule has 2 aromatic carbocycles. The zero-order valence-electron chi connectivity index (χ0n) is 16.7. The number of nitrogens with one attached hydrogen (secondary N) is 2. The van der Waals surface area contributed by atoms with Crippen molar-refractivity contribution in [3.8, 4) is 0 Å². The average molecular weight is 364 g/mol. The number of benzene rings is 2. The lowest BCUT2D eigenvalue weighted by molar-refractivity contribution is 0.696. The van der Waals surface area contributed by atoms with E-state index in [1.165, 1.54) is 11.1 Å². The number of hydrogen-bond acceptors (Lipinski definition) is 2. The number of aromatic nitrogens is 2. The molecule has 142 valence electrons. The minimum absolute atomic E-state index is 0.408. The summed E-state index contributed by atoms with van der Waals surface area (Å²) in [7, 11) is 2.04. The molecule has 5 nitrogen and oxygen atoms in total. The van der Waals surface area contributed by atoms with E-state index in [1.54, 1.807) is 0 Å². The third-order valence-corrected chi connectivity index (χ3v) is 4.82. The van der Waals surface area contributed by atoms with Gasteiger partial charge >= 0.3 is 0 Å². The standard InChI is InChI=1S/C22H29N5/c1-5-23-22(24-14-17(3)18-12-10-16(2)11-13-18)25-15-21-26-19-8-6-7-9-20(19)27(21)4/h6-13,17H,5,14-15H2,1-4H3,(H2,23,24,25). The molecule has 0 spiro atoms. The summed E-state index contributed by atoms with van der Waals surface area (Å²) in [5, 5.41) is 6.78. The predicted octanol–water partition coefficient (Wildman–Crippen LogP) is 3.74. The molecule has 0 amide bonds. The summed E-state index contributed by atoms with van der Waals surface area (Å²) in [6.07, 6.45) is 0. The van der Waals surface area contributed by atoms with Crippen molar-refractivity contribution in [2.24, 2.45) is 12.0 Å². The first-order chi connectivity index (χ1) is 13.1. The van der Waals surface area contributed by atoms with Gasteiger partial charge in [-0.1, -0.05) is 48.9 Å². The summed E-state index contributed by atoms with van der Waals surface area (Å²) < 4.78 is 2.11. The minimum atomic E-state index is 0.408. The van der Waals surface area contributed by atoms with Gasteiger partial charge in [0.1, 0.15) is 12.4 Å². The molecule has 1 atom stereocenters. The fourth-order valence-electron chi connectivity index (χ4n) is 3.09. The van der Waals surface area contributed by atoms with Crippen LogP contribution in [-0.4, -0.2) is 28.6 Å². The van der Waals surface area contributed by atoms with E-state index in [-0.39, 0.29) is 0 Å². The van der Waals surface area contributed by atoms with Crippen LogP contribution in [0.1, 0.15) is 36.7 Å². The quantitative estimate of drug-likeness (QED) is 0.518. The van der Waals surface area contributed by atoms with E-state index in [9.17, 15) is 0 Å². The highest BCUT2D eigenvalue weighted by Gasteiger charge is 2.09. The smallest absolute Gasteiger partial charge is 0.191 e. The fraction of sp³-hybridized carbons (Fsp3) is 0.364. The summed E-state index contributed by atoms with van der Waals surface area (Å²) in [5.41, 5.74) is 4.76. The molecule has 1 unspecified atom stereocenters. The minimum Gasteiger partial charge on any atom is -0.357 e. The average Bonchev–Trinajstić information content (AvgIpc) is 3.00. The summed E-state index contributed by atoms with van der Waals surface area (Å²) in [4.78, 5) is 9.43. The molecule has 0 aliphatic rings. The van der Waals surface area contributed by atoms with Gasteiger partial charge in [0.2, 0.25) is 0 Å². The van der Waals surface area contributed by atoms with Crippen LogP contribution in [0.15, 0.2) is 53.5 Å². The zero-order chi connectivity index (χ0) is 19.2. The molecule has 0 saturated carbocycles. The van der Waals surface area contributed by atoms with Crippen molar-refractivity contribution in [3.05, 3.63) is 65.5 Å². The third-order valence-electron chi connectivity index (χ3n) is 4.82. The van der Waals surface area contributed by atoms with Gasteiger partial charge in [0, 0.05) is 20.1 Å². The van der Waals surface area contributed by atoms with Gasteiger partial charge in [-0.2, -0.15) is 0 Å². The van der Waals surface area contributed by atoms with Crippen LogP contribution < -0.4 is 10.6 Å². The summed E-state index contributed by atoms with van der Waals surface area (Å²) in [6.45, 7) is 8.62. The normalized spacial score (nSPS) is 13.0. The Morgan fingerprint density at radius 2 is 1.85 bits per heavy atom. The first kappa shape index (κ1) is 19.0. The van der Waals surface area contributed by atoms with Crippen molar-refractivity contribution >= 4 is 17.0 Å². The number of para-hydroxylation sites is 2. The lowest BCUT2D eigenvalue weighted by atomic mass is 10.0. The van der Waals surface area contributed by atoms with Gasteiger partial charge in [0.15, 0.2) is 5.96 Å². The Kier molecular flexibility index (Phi) is 6.12. The van der Waals surface area contributed by atoms with E-state index in [0.717, 1.165) is 35.9 Å². The SMILES string of the molecule is CCNC(=NCc1nc2ccccc2n1C)NCC(C)c1ccc(C)cc1. The first-order valence-electron chi connectivity index (χ1n) is 9.57. The number of imidazole rings is 1. The van der Waals surface area contributed by atoms with Gasteiger partial charge in [-0.3, -0.25) is 0 Å². The molecule has 3 rings (SSSR count). The van der Waals surface area contributed by atoms with Gasteiger partial charge in [-0.15, -0.1) is 0 Å². The zero-order valence-corrected chi connectivity index (χ0v) is 16.7. The van der Waals surface area contributed by atoms with Crippen LogP contribution in [0.25, 0.3) is 11.0 Å². The second kappa shape index (κ2) is 8.71. The van der Waals surface area contributed by atoms with Crippen molar-refractivity contribution < 1.29 is 0 Å². The Morgan fingerprint density at radius 1 is 1.11 bits per heavy atom. The van der Waals surface area contributed by atoms with E-state index in [0.29, 0.717) is 12.5 Å². The van der Waals surface area contributed by atoms with E-state index in [1.807, 2.05) is 25.2 Å². The van der Waals surface area contributed by atoms with Crippen molar-refractivity contribution in [2.75, 3.05) is 13.1 Å². The van der Waals surface area contributed by atoms with E-state index >= 15 is 0 Å². The number of nitrogens with zero attached hydrogens (tertiary/aromatic N) is 3. The van der Waals surface area contributed by atoms with Crippen molar-refractivity contribution in [1.29, 1.82) is 0 Å². The molecule has 2 N–H and O–H groups in total. The largest absolute Gasteiger partial charge is 0.357 e. The molecular formula is C22H29N5. The van der Waals surface area contributed by atoms with Crippen molar-refractivity contribution in [3.63, 3.8) is 0 Å². The molecule has 0 fully saturated rings. The third kappa shape index (κ3) is 4.67. The Labute approximate surface area is 161 Å². The maximum atomic E-state index is 4.73. The Balaban J connectivity index is 1.66. The Hall–Kier alpha value is -2.82. The monoisotopic (exact) mass is 363 g/mol. The Bertz CT molecular complexity index is 908. The van der Waals surface area contributed by atoms with E-state index in [4.69, 9.17) is 9.98 Å². The number of fused-ring (bicyclic) bond motifs is 1. The van der Waals surface area contributed by atoms with Crippen molar-refractivity contribution in [2.45, 2.75) is 33.2 Å². The molecule has 1 aromatic heterocycles. The fourth-order valence-corrected chi connectivity index (χ4v) is 3.09. The van der Waals surface area contributed by atoms with Crippen LogP contribution in [0.3, 0.4) is 0 Å². The maximum absolute atomic E-state index is 4.73. The number of hydrogen-bond donors (Lipinski definition) is 2. The lowest BCUT2D eigenvalue weighted by Gasteiger charge is -2.16. The Morgan fingerprint density at radius 3 is 2.56 bits per heavy atom. The highest BCUT2D eigenvalue weighted by molar-refractivity contribution is 5.80. The molecule has 0 aliphatic carbocycles. The van der Waals surface area contributed by atoms with Gasteiger partial charge in [0.05, 0.1) is 11.0 Å². The molecular weight excluding hydrogens is 334 g/mol. The maximum Gasteiger partial charge on any atom is 0.191 e. The van der Waals surface area contributed by atoms with Gasteiger partial charge in [-0.05, 0) is 37.5 Å². The van der Waals surface area contributed by atoms with Gasteiger partial charge in [0.25, 0.3) is 0 Å². The van der Waals surface area contributed by atoms with Gasteiger partial charge in [-0.25, -0.2) is 9.98 Å². The molecule has 5 heteroatoms. The van der Waals surface area contributed by atoms with Crippen LogP contribution >= 0.6 is 0 Å². The second-order valence-electron chi connectivity index (χ2n) is 6.96. The first-order valence-corrected chi connectivity index (χ1v) is 9.57. The highest BCUT2D eigenvalue weighted by atomic mass is 15.2. The number of aryl methyl sites for hydroxylation is 2. The van der Waals surface area contributed by atoms with Gasteiger partial charge < -0.3 is 15.2 Å². The van der Waals surface area contributed by atoms with Crippen LogP contribution in [-0.2, 0) is 13.6 Å². The molecule has 0 bridgehead atoms. The van der Waals surface area contributed by atoms with Crippen molar-refractivity contribution in [1.82, 2.24) is 20.2 Å². The highest BCUT2D eigenvalue weighted by Crippen LogP contribution is 2.16. The molecule has 27 heavy (non-hydrogen) atoms. The van der Waals surface area contributed by atoms with Crippen LogP contribution in [0, 0.1) is 6.92 Å². The van der Waals surface area contributed by atoms with Crippen LogP contribution in [0.4, 0.5) is 0 Å². The van der Waals surface area contributed by atoms with Crippen LogP contribution in [0.5, 0.6) is 0 Å². The number of aliphatic imine (C=N–C) groups is 1. The number of guanidine groups is 1. The topological polar surface area (TPSA) is 54.2 Å². The molecule has 3 aromatic rings. The van der Waals surface area contributed by atoms with Crippen LogP contribution in [0.2, 0.25) is 0 Å². The second-order valence-corrected chi connectivity index (χ2v) is 6.96. The van der Waals surface area contributed by atoms with E-state index in [2.05, 4.69) is 66.3 Å². The predicted molar refractivity (Wildman–Crippen MR) is 113 cm³/mol. The summed E-state index contributed by atoms with van der Waals surface area (Å²) in [5.74, 6) is 2.19.